The van der Waals surface area contributed by atoms with Crippen molar-refractivity contribution in [3.05, 3.63) is 59.7 Å². The predicted octanol–water partition coefficient (Wildman–Crippen LogP) is 4.67. The lowest BCUT2D eigenvalue weighted by molar-refractivity contribution is -0.138. The molecule has 0 aliphatic rings. The van der Waals surface area contributed by atoms with Crippen LogP contribution in [0.15, 0.2) is 48.5 Å². The van der Waals surface area contributed by atoms with Gasteiger partial charge in [-0.05, 0) is 41.8 Å². The van der Waals surface area contributed by atoms with E-state index in [1.807, 2.05) is 50.2 Å². The van der Waals surface area contributed by atoms with Gasteiger partial charge in [-0.25, -0.2) is 0 Å². The number of rotatable bonds is 5. The van der Waals surface area contributed by atoms with Crippen LogP contribution in [0, 0.1) is 5.92 Å². The first-order chi connectivity index (χ1) is 10.8. The summed E-state index contributed by atoms with van der Waals surface area (Å²) in [6.07, 6.45) is 0.769. The first-order valence-corrected chi connectivity index (χ1v) is 7.96. The number of carbonyl (C=O) groups excluding carboxylic acids is 1. The van der Waals surface area contributed by atoms with Gasteiger partial charge in [0.2, 0.25) is 0 Å². The topological polar surface area (TPSA) is 46.5 Å². The minimum atomic E-state index is -0.201. The molecule has 0 aliphatic carbocycles. The highest BCUT2D eigenvalue weighted by atomic mass is 16.5. The highest BCUT2D eigenvalue weighted by Crippen LogP contribution is 2.33. The monoisotopic (exact) mass is 312 g/mol. The lowest BCUT2D eigenvalue weighted by Gasteiger charge is -2.26. The fourth-order valence-corrected chi connectivity index (χ4v) is 2.37. The van der Waals surface area contributed by atoms with Crippen molar-refractivity contribution in [3.63, 3.8) is 0 Å². The molecule has 3 heteroatoms. The average molecular weight is 312 g/mol. The number of carbonyl (C=O) groups is 1. The Morgan fingerprint density at radius 3 is 2.00 bits per heavy atom. The van der Waals surface area contributed by atoms with E-state index >= 15 is 0 Å². The van der Waals surface area contributed by atoms with Crippen LogP contribution in [0.2, 0.25) is 0 Å². The number of phenolic OH excluding ortho intramolecular Hbond substituents is 1. The van der Waals surface area contributed by atoms with E-state index in [1.165, 1.54) is 0 Å². The SMILES string of the molecule is CCC(C)C(=O)Oc1ccc(C(C)(C)c2ccc(O)cc2)cc1. The summed E-state index contributed by atoms with van der Waals surface area (Å²) in [4.78, 5) is 11.8. The number of phenols is 1. The molecule has 2 aromatic rings. The molecule has 0 heterocycles. The van der Waals surface area contributed by atoms with E-state index in [0.29, 0.717) is 5.75 Å². The number of hydrogen-bond donors (Lipinski definition) is 1. The van der Waals surface area contributed by atoms with Crippen LogP contribution < -0.4 is 4.74 Å². The highest BCUT2D eigenvalue weighted by Gasteiger charge is 2.23. The van der Waals surface area contributed by atoms with Crippen LogP contribution in [0.5, 0.6) is 11.5 Å². The zero-order valence-corrected chi connectivity index (χ0v) is 14.2. The predicted molar refractivity (Wildman–Crippen MR) is 91.8 cm³/mol. The Balaban J connectivity index is 2.18. The zero-order valence-electron chi connectivity index (χ0n) is 14.2. The van der Waals surface area contributed by atoms with Crippen molar-refractivity contribution in [2.24, 2.45) is 5.92 Å². The molecule has 1 N–H and O–H groups in total. The van der Waals surface area contributed by atoms with Crippen LogP contribution in [-0.2, 0) is 10.2 Å². The normalized spacial score (nSPS) is 12.7. The lowest BCUT2D eigenvalue weighted by atomic mass is 9.78. The van der Waals surface area contributed by atoms with Gasteiger partial charge in [-0.2, -0.15) is 0 Å². The molecule has 3 nitrogen and oxygen atoms in total. The van der Waals surface area contributed by atoms with Crippen LogP contribution in [0.25, 0.3) is 0 Å². The van der Waals surface area contributed by atoms with Gasteiger partial charge in [0.25, 0.3) is 0 Å². The first kappa shape index (κ1) is 17.1. The van der Waals surface area contributed by atoms with E-state index in [4.69, 9.17) is 4.74 Å². The Hall–Kier alpha value is -2.29. The number of aromatic hydroxyl groups is 1. The maximum absolute atomic E-state index is 11.8. The van der Waals surface area contributed by atoms with Gasteiger partial charge in [0, 0.05) is 5.41 Å². The minimum Gasteiger partial charge on any atom is -0.508 e. The van der Waals surface area contributed by atoms with E-state index in [-0.39, 0.29) is 23.1 Å². The number of hydrogen-bond acceptors (Lipinski definition) is 3. The third-order valence-electron chi connectivity index (χ3n) is 4.40. The van der Waals surface area contributed by atoms with E-state index in [9.17, 15) is 9.90 Å². The molecule has 0 bridgehead atoms. The number of benzene rings is 2. The molecule has 1 unspecified atom stereocenters. The second-order valence-electron chi connectivity index (χ2n) is 6.43. The number of esters is 1. The van der Waals surface area contributed by atoms with Gasteiger partial charge in [0.1, 0.15) is 11.5 Å². The Morgan fingerprint density at radius 1 is 1.04 bits per heavy atom. The molecule has 2 rings (SSSR count). The van der Waals surface area contributed by atoms with Gasteiger partial charge in [0.05, 0.1) is 5.92 Å². The molecule has 0 fully saturated rings. The maximum atomic E-state index is 11.8. The van der Waals surface area contributed by atoms with Crippen molar-refractivity contribution >= 4 is 5.97 Å². The summed E-state index contributed by atoms with van der Waals surface area (Å²) in [6, 6.07) is 14.9. The van der Waals surface area contributed by atoms with Crippen molar-refractivity contribution in [3.8, 4) is 11.5 Å². The quantitative estimate of drug-likeness (QED) is 0.644. The fraction of sp³-hybridized carbons (Fsp3) is 0.350. The standard InChI is InChI=1S/C20H24O3/c1-5-14(2)19(22)23-18-12-8-16(9-13-18)20(3,4)15-6-10-17(21)11-7-15/h6-14,21H,5H2,1-4H3. The van der Waals surface area contributed by atoms with Crippen molar-refractivity contribution < 1.29 is 14.6 Å². The third-order valence-corrected chi connectivity index (χ3v) is 4.40. The zero-order chi connectivity index (χ0) is 17.0. The molecule has 0 aromatic heterocycles. The van der Waals surface area contributed by atoms with Crippen LogP contribution in [0.1, 0.15) is 45.2 Å². The van der Waals surface area contributed by atoms with Crippen molar-refractivity contribution in [2.45, 2.75) is 39.5 Å². The lowest BCUT2D eigenvalue weighted by Crippen LogP contribution is -2.19. The molecule has 0 radical (unpaired) electrons. The molecular weight excluding hydrogens is 288 g/mol. The maximum Gasteiger partial charge on any atom is 0.314 e. The first-order valence-electron chi connectivity index (χ1n) is 7.96. The van der Waals surface area contributed by atoms with Crippen molar-refractivity contribution in [2.75, 3.05) is 0 Å². The van der Waals surface area contributed by atoms with E-state index in [0.717, 1.165) is 17.5 Å². The molecule has 122 valence electrons. The van der Waals surface area contributed by atoms with Gasteiger partial charge in [-0.3, -0.25) is 4.79 Å². The second-order valence-corrected chi connectivity index (χ2v) is 6.43. The van der Waals surface area contributed by atoms with Gasteiger partial charge >= 0.3 is 5.97 Å². The molecule has 0 saturated heterocycles. The summed E-state index contributed by atoms with van der Waals surface area (Å²) < 4.78 is 5.38. The van der Waals surface area contributed by atoms with Crippen LogP contribution in [0.3, 0.4) is 0 Å². The van der Waals surface area contributed by atoms with E-state index in [2.05, 4.69) is 13.8 Å². The average Bonchev–Trinajstić information content (AvgIpc) is 2.55. The van der Waals surface area contributed by atoms with Gasteiger partial charge in [0.15, 0.2) is 0 Å². The second kappa shape index (κ2) is 6.86. The molecule has 0 amide bonds. The summed E-state index contributed by atoms with van der Waals surface area (Å²) in [7, 11) is 0. The Kier molecular flexibility index (Phi) is 5.09. The Bertz CT molecular complexity index is 654. The van der Waals surface area contributed by atoms with Crippen molar-refractivity contribution in [1.82, 2.24) is 0 Å². The molecular formula is C20H24O3. The van der Waals surface area contributed by atoms with Crippen LogP contribution in [0.4, 0.5) is 0 Å². The van der Waals surface area contributed by atoms with Crippen molar-refractivity contribution in [1.29, 1.82) is 0 Å². The molecule has 1 atom stereocenters. The molecule has 23 heavy (non-hydrogen) atoms. The molecule has 0 spiro atoms. The highest BCUT2D eigenvalue weighted by molar-refractivity contribution is 5.74. The van der Waals surface area contributed by atoms with Crippen LogP contribution >= 0.6 is 0 Å². The van der Waals surface area contributed by atoms with E-state index in [1.54, 1.807) is 12.1 Å². The summed E-state index contributed by atoms with van der Waals surface area (Å²) in [5.41, 5.74) is 2.03. The van der Waals surface area contributed by atoms with Gasteiger partial charge in [-0.15, -0.1) is 0 Å². The summed E-state index contributed by atoms with van der Waals surface area (Å²) in [5, 5.41) is 9.43. The molecule has 2 aromatic carbocycles. The summed E-state index contributed by atoms with van der Waals surface area (Å²) in [6.45, 7) is 8.08. The molecule has 0 aliphatic heterocycles. The van der Waals surface area contributed by atoms with E-state index < -0.39 is 0 Å². The summed E-state index contributed by atoms with van der Waals surface area (Å²) >= 11 is 0. The smallest absolute Gasteiger partial charge is 0.314 e. The van der Waals surface area contributed by atoms with Gasteiger partial charge < -0.3 is 9.84 Å². The number of ether oxygens (including phenoxy) is 1. The molecule has 0 saturated carbocycles. The van der Waals surface area contributed by atoms with Gasteiger partial charge in [-0.1, -0.05) is 52.0 Å². The largest absolute Gasteiger partial charge is 0.508 e. The Labute approximate surface area is 137 Å². The fourth-order valence-electron chi connectivity index (χ4n) is 2.37. The third kappa shape index (κ3) is 3.92. The minimum absolute atomic E-state index is 0.0943. The summed E-state index contributed by atoms with van der Waals surface area (Å²) in [5.74, 6) is 0.540. The Morgan fingerprint density at radius 2 is 1.52 bits per heavy atom. The van der Waals surface area contributed by atoms with Crippen LogP contribution in [-0.4, -0.2) is 11.1 Å².